The Bertz CT molecular complexity index is 1350. The van der Waals surface area contributed by atoms with Crippen LogP contribution in [0.2, 0.25) is 0 Å². The molecule has 0 N–H and O–H groups in total. The molecule has 0 spiro atoms. The van der Waals surface area contributed by atoms with Crippen LogP contribution in [0.4, 0.5) is 0 Å². The molecule has 6 rings (SSSR count). The summed E-state index contributed by atoms with van der Waals surface area (Å²) in [6.45, 7) is 0. The van der Waals surface area contributed by atoms with Gasteiger partial charge in [-0.25, -0.2) is 0 Å². The summed E-state index contributed by atoms with van der Waals surface area (Å²) < 4.78 is 8.95. The molecule has 184 valence electrons. The van der Waals surface area contributed by atoms with Gasteiger partial charge in [-0.1, -0.05) is 0 Å². The minimum atomic E-state index is -5.57. The summed E-state index contributed by atoms with van der Waals surface area (Å²) >= 11 is -5.57. The summed E-state index contributed by atoms with van der Waals surface area (Å²) in [5, 5.41) is 0. The molecule has 1 aromatic heterocycles. The van der Waals surface area contributed by atoms with Gasteiger partial charge in [-0.3, -0.25) is 0 Å². The van der Waals surface area contributed by atoms with Gasteiger partial charge in [-0.2, -0.15) is 0 Å². The molecule has 0 radical (unpaired) electrons. The van der Waals surface area contributed by atoms with Crippen molar-refractivity contribution in [2.24, 2.45) is 0 Å². The van der Waals surface area contributed by atoms with Crippen LogP contribution in [0.3, 0.4) is 0 Å². The van der Waals surface area contributed by atoms with Gasteiger partial charge in [0.1, 0.15) is 0 Å². The molecule has 37 heavy (non-hydrogen) atoms. The Labute approximate surface area is 231 Å². The molecule has 1 aliphatic rings. The van der Waals surface area contributed by atoms with Gasteiger partial charge in [-0.15, -0.1) is 0 Å². The van der Waals surface area contributed by atoms with Crippen molar-refractivity contribution in [1.82, 2.24) is 0 Å². The van der Waals surface area contributed by atoms with E-state index in [9.17, 15) is 0 Å². The average Bonchev–Trinajstić information content (AvgIpc) is 3.70. The van der Waals surface area contributed by atoms with Gasteiger partial charge < -0.3 is 24.8 Å². The van der Waals surface area contributed by atoms with Crippen LogP contribution in [-0.2, 0) is 17.3 Å². The van der Waals surface area contributed by atoms with E-state index in [1.54, 1.807) is 6.28 Å². The second kappa shape index (κ2) is 10.4. The van der Waals surface area contributed by atoms with Gasteiger partial charge in [0.2, 0.25) is 0 Å². The van der Waals surface area contributed by atoms with E-state index in [1.807, 2.05) is 0 Å². The van der Waals surface area contributed by atoms with Crippen LogP contribution in [0.1, 0.15) is 6.42 Å². The SMILES string of the molecule is C1=CC[C]([Zr+2]([c]2ccccc2)([c]2ccccc2)([c]2ccccc2)([c]2ccccc2)[c]2ccc[pH]2)=C1.[Cl-].[Cl-]. The van der Waals surface area contributed by atoms with E-state index in [0.29, 0.717) is 8.19 Å². The maximum Gasteiger partial charge on any atom is -1.00 e. The third-order valence-electron chi connectivity index (χ3n) is 8.83. The molecule has 1 unspecified atom stereocenters. The van der Waals surface area contributed by atoms with Crippen molar-refractivity contribution in [2.45, 2.75) is 6.42 Å². The van der Waals surface area contributed by atoms with Crippen molar-refractivity contribution in [2.75, 3.05) is 0 Å². The van der Waals surface area contributed by atoms with Crippen LogP contribution in [0.5, 0.6) is 0 Å². The minimum absolute atomic E-state index is 0. The van der Waals surface area contributed by atoms with Crippen molar-refractivity contribution in [3.05, 3.63) is 161 Å². The monoisotopic (exact) mass is 616 g/mol. The standard InChI is InChI=1S/4C6H5.C5H5.C4H4P.2ClH.Zr/c4*1-2-4-6-5-3-1;2*1-2-4-5-3-1;;;/h4*1-5H;1-3H,4H2;1-3,5H;2*1H;/q;;;;;;;;+2/p-2. The third-order valence-corrected chi connectivity index (χ3v) is 40.5. The number of allylic oxidation sites excluding steroid dienone is 4. The predicted octanol–water partition coefficient (Wildman–Crippen LogP) is -0.278. The van der Waals surface area contributed by atoms with Gasteiger partial charge in [-0.05, 0) is 0 Å². The van der Waals surface area contributed by atoms with Crippen molar-refractivity contribution in [3.63, 3.8) is 0 Å². The number of halogens is 2. The van der Waals surface area contributed by atoms with E-state index < -0.39 is 17.3 Å². The quantitative estimate of drug-likeness (QED) is 0.246. The molecule has 0 fully saturated rings. The fraction of sp³-hybridized carbons (Fsp3) is 0.0303. The average molecular weight is 619 g/mol. The van der Waals surface area contributed by atoms with Crippen LogP contribution >= 0.6 is 8.19 Å². The Balaban J connectivity index is 0.00000160. The topological polar surface area (TPSA) is 0 Å². The Morgan fingerprint density at radius 1 is 0.486 bits per heavy atom. The fourth-order valence-corrected chi connectivity index (χ4v) is 42.8. The summed E-state index contributed by atoms with van der Waals surface area (Å²) in [5.41, 5.74) is 0. The van der Waals surface area contributed by atoms with Gasteiger partial charge in [0.25, 0.3) is 0 Å². The smallest absolute Gasteiger partial charge is 1.00 e. The maximum atomic E-state index is 2.47. The zero-order chi connectivity index (χ0) is 23.7. The largest absolute Gasteiger partial charge is 1.00 e. The first-order valence-electron chi connectivity index (χ1n) is 12.4. The van der Waals surface area contributed by atoms with Crippen LogP contribution < -0.4 is 40.9 Å². The molecule has 1 heterocycles. The number of hydrogen-bond donors (Lipinski definition) is 0. The first-order valence-corrected chi connectivity index (χ1v) is 20.8. The van der Waals surface area contributed by atoms with Crippen LogP contribution in [0.25, 0.3) is 0 Å². The first kappa shape index (κ1) is 27.6. The molecular formula is C33H29Cl2PZr. The van der Waals surface area contributed by atoms with Crippen molar-refractivity contribution >= 4 is 24.3 Å². The molecule has 0 saturated carbocycles. The van der Waals surface area contributed by atoms with Gasteiger partial charge >= 0.3 is 209 Å². The molecule has 5 aromatic rings. The summed E-state index contributed by atoms with van der Waals surface area (Å²) in [5.74, 6) is 2.38. The van der Waals surface area contributed by atoms with E-state index in [-0.39, 0.29) is 24.8 Å². The number of benzene rings is 4. The number of rotatable bonds is 6. The summed E-state index contributed by atoms with van der Waals surface area (Å²) in [7, 11) is 0.624. The molecule has 0 saturated heterocycles. The molecule has 0 aliphatic heterocycles. The van der Waals surface area contributed by atoms with Gasteiger partial charge in [0.05, 0.1) is 0 Å². The van der Waals surface area contributed by atoms with Crippen molar-refractivity contribution < 1.29 is 42.1 Å². The zero-order valence-electron chi connectivity index (χ0n) is 20.5. The summed E-state index contributed by atoms with van der Waals surface area (Å²) in [4.78, 5) is 0. The molecule has 1 aliphatic carbocycles. The molecule has 0 amide bonds. The van der Waals surface area contributed by atoms with Crippen LogP contribution in [0, 0.1) is 0 Å². The molecular weight excluding hydrogens is 589 g/mol. The van der Waals surface area contributed by atoms with E-state index in [2.05, 4.69) is 157 Å². The second-order valence-corrected chi connectivity index (χ2v) is 29.9. The third kappa shape index (κ3) is 3.13. The van der Waals surface area contributed by atoms with Crippen LogP contribution in [0.15, 0.2) is 161 Å². The molecule has 0 nitrogen and oxygen atoms in total. The van der Waals surface area contributed by atoms with E-state index in [1.165, 1.54) is 13.1 Å². The number of hydrogen-bond acceptors (Lipinski definition) is 0. The summed E-state index contributed by atoms with van der Waals surface area (Å²) in [6.07, 6.45) is 8.05. The Kier molecular flexibility index (Phi) is 7.77. The Hall–Kier alpha value is -2.40. The molecule has 0 bridgehead atoms. The van der Waals surface area contributed by atoms with Crippen molar-refractivity contribution in [1.29, 1.82) is 0 Å². The first-order chi connectivity index (χ1) is 17.3. The molecule has 1 atom stereocenters. The summed E-state index contributed by atoms with van der Waals surface area (Å²) in [6, 6.07) is 50.7. The Morgan fingerprint density at radius 2 is 0.892 bits per heavy atom. The zero-order valence-corrected chi connectivity index (χ0v) is 25.4. The van der Waals surface area contributed by atoms with E-state index >= 15 is 0 Å². The van der Waals surface area contributed by atoms with Crippen LogP contribution in [-0.4, -0.2) is 0 Å². The predicted molar refractivity (Wildman–Crippen MR) is 152 cm³/mol. The second-order valence-electron chi connectivity index (χ2n) is 9.75. The van der Waals surface area contributed by atoms with Gasteiger partial charge in [0.15, 0.2) is 0 Å². The molecule has 4 aromatic carbocycles. The molecule has 4 heteroatoms. The van der Waals surface area contributed by atoms with Crippen molar-refractivity contribution in [3.8, 4) is 0 Å². The van der Waals surface area contributed by atoms with E-state index in [0.717, 1.165) is 6.42 Å². The normalized spacial score (nSPS) is 13.7. The minimum Gasteiger partial charge on any atom is -1.00 e. The maximum absolute atomic E-state index is 5.57. The van der Waals surface area contributed by atoms with E-state index in [4.69, 9.17) is 0 Å². The Morgan fingerprint density at radius 3 is 1.19 bits per heavy atom. The fourth-order valence-electron chi connectivity index (χ4n) is 7.59. The van der Waals surface area contributed by atoms with Gasteiger partial charge in [0, 0.05) is 0 Å².